The Balaban J connectivity index is 2.10. The molecule has 6 nitrogen and oxygen atoms in total. The Morgan fingerprint density at radius 1 is 1.35 bits per heavy atom. The molecule has 1 aromatic rings. The third kappa shape index (κ3) is 2.92. The van der Waals surface area contributed by atoms with Gasteiger partial charge < -0.3 is 15.5 Å². The van der Waals surface area contributed by atoms with Gasteiger partial charge in [0.05, 0.1) is 5.69 Å². The number of rotatable bonds is 1. The second-order valence-electron chi connectivity index (χ2n) is 4.27. The number of carbonyl (C=O) groups excluding carboxylic acids is 2. The summed E-state index contributed by atoms with van der Waals surface area (Å²) in [5.41, 5.74) is -0.282. The van der Waals surface area contributed by atoms with E-state index in [1.54, 1.807) is 6.07 Å². The number of carbonyl (C=O) groups is 2. The van der Waals surface area contributed by atoms with Crippen LogP contribution in [0.2, 0.25) is 0 Å². The Bertz CT molecular complexity index is 576. The minimum atomic E-state index is -0.867. The predicted octanol–water partition coefficient (Wildman–Crippen LogP) is 0.0677. The fourth-order valence-electron chi connectivity index (χ4n) is 1.93. The first kappa shape index (κ1) is 14.0. The third-order valence-electron chi connectivity index (χ3n) is 2.97. The molecule has 0 unspecified atom stereocenters. The molecule has 2 rings (SSSR count). The highest BCUT2D eigenvalue weighted by Gasteiger charge is 2.24. The summed E-state index contributed by atoms with van der Waals surface area (Å²) in [6, 6.07) is 5.52. The number of halogens is 1. The van der Waals surface area contributed by atoms with Crippen molar-refractivity contribution in [3.8, 4) is 6.07 Å². The second-order valence-corrected chi connectivity index (χ2v) is 4.27. The topological polar surface area (TPSA) is 85.2 Å². The van der Waals surface area contributed by atoms with Crippen LogP contribution in [0.15, 0.2) is 18.2 Å². The smallest absolute Gasteiger partial charge is 0.313 e. The SMILES string of the molecule is N#Cc1c(F)cccc1NC(=O)C(=O)N1CCNCC1. The van der Waals surface area contributed by atoms with Crippen molar-refractivity contribution in [2.24, 2.45) is 0 Å². The molecule has 20 heavy (non-hydrogen) atoms. The maximum absolute atomic E-state index is 13.4. The molecule has 0 radical (unpaired) electrons. The molecule has 0 aliphatic carbocycles. The van der Waals surface area contributed by atoms with Gasteiger partial charge in [-0.3, -0.25) is 9.59 Å². The zero-order valence-corrected chi connectivity index (χ0v) is 10.6. The van der Waals surface area contributed by atoms with E-state index < -0.39 is 17.6 Å². The average molecular weight is 276 g/mol. The molecule has 1 heterocycles. The first-order valence-corrected chi connectivity index (χ1v) is 6.13. The van der Waals surface area contributed by atoms with Crippen LogP contribution < -0.4 is 10.6 Å². The van der Waals surface area contributed by atoms with Crippen molar-refractivity contribution in [2.45, 2.75) is 0 Å². The van der Waals surface area contributed by atoms with Crippen LogP contribution in [-0.2, 0) is 9.59 Å². The average Bonchev–Trinajstić information content (AvgIpc) is 2.47. The van der Waals surface area contributed by atoms with Gasteiger partial charge in [-0.2, -0.15) is 5.26 Å². The Morgan fingerprint density at radius 2 is 2.05 bits per heavy atom. The number of amides is 2. The van der Waals surface area contributed by atoms with Gasteiger partial charge in [-0.15, -0.1) is 0 Å². The zero-order valence-electron chi connectivity index (χ0n) is 10.6. The minimum Gasteiger partial charge on any atom is -0.332 e. The van der Waals surface area contributed by atoms with Gasteiger partial charge in [-0.25, -0.2) is 4.39 Å². The molecule has 0 bridgehead atoms. The lowest BCUT2D eigenvalue weighted by molar-refractivity contribution is -0.143. The molecule has 1 fully saturated rings. The predicted molar refractivity (Wildman–Crippen MR) is 69.2 cm³/mol. The van der Waals surface area contributed by atoms with Gasteiger partial charge in [-0.1, -0.05) is 6.07 Å². The van der Waals surface area contributed by atoms with E-state index in [2.05, 4.69) is 10.6 Å². The van der Waals surface area contributed by atoms with Crippen molar-refractivity contribution in [3.05, 3.63) is 29.6 Å². The monoisotopic (exact) mass is 276 g/mol. The van der Waals surface area contributed by atoms with Crippen molar-refractivity contribution in [3.63, 3.8) is 0 Å². The molecule has 1 aliphatic heterocycles. The quantitative estimate of drug-likeness (QED) is 0.711. The van der Waals surface area contributed by atoms with Crippen molar-refractivity contribution in [1.29, 1.82) is 5.26 Å². The van der Waals surface area contributed by atoms with Gasteiger partial charge in [0, 0.05) is 26.2 Å². The van der Waals surface area contributed by atoms with Crippen molar-refractivity contribution < 1.29 is 14.0 Å². The Labute approximate surface area is 115 Å². The van der Waals surface area contributed by atoms with Crippen molar-refractivity contribution in [2.75, 3.05) is 31.5 Å². The fraction of sp³-hybridized carbons (Fsp3) is 0.308. The van der Waals surface area contributed by atoms with Crippen LogP contribution in [0.1, 0.15) is 5.56 Å². The molecule has 0 atom stereocenters. The number of nitrogens with one attached hydrogen (secondary N) is 2. The summed E-state index contributed by atoms with van der Waals surface area (Å²) in [5, 5.41) is 14.2. The number of hydrogen-bond acceptors (Lipinski definition) is 4. The number of nitrogens with zero attached hydrogens (tertiary/aromatic N) is 2. The van der Waals surface area contributed by atoms with Gasteiger partial charge in [-0.05, 0) is 12.1 Å². The molecular formula is C13H13FN4O2. The van der Waals surface area contributed by atoms with Crippen molar-refractivity contribution in [1.82, 2.24) is 10.2 Å². The Kier molecular flexibility index (Phi) is 4.27. The van der Waals surface area contributed by atoms with Crippen LogP contribution in [0.25, 0.3) is 0 Å². The van der Waals surface area contributed by atoms with Crippen LogP contribution in [-0.4, -0.2) is 42.9 Å². The second kappa shape index (κ2) is 6.12. The fourth-order valence-corrected chi connectivity index (χ4v) is 1.93. The summed E-state index contributed by atoms with van der Waals surface area (Å²) in [4.78, 5) is 25.1. The molecule has 7 heteroatoms. The van der Waals surface area contributed by atoms with Gasteiger partial charge >= 0.3 is 11.8 Å². The Morgan fingerprint density at radius 3 is 2.70 bits per heavy atom. The molecule has 1 aliphatic rings. The first-order chi connectivity index (χ1) is 9.63. The summed E-state index contributed by atoms with van der Waals surface area (Å²) in [6.45, 7) is 2.14. The van der Waals surface area contributed by atoms with Crippen LogP contribution in [0, 0.1) is 17.1 Å². The lowest BCUT2D eigenvalue weighted by Crippen LogP contribution is -2.49. The molecule has 104 valence electrons. The normalized spacial score (nSPS) is 14.5. The standard InChI is InChI=1S/C13H13FN4O2/c14-10-2-1-3-11(9(10)8-15)17-12(19)13(20)18-6-4-16-5-7-18/h1-3,16H,4-7H2,(H,17,19). The maximum atomic E-state index is 13.4. The van der Waals surface area contributed by atoms with Gasteiger partial charge in [0.1, 0.15) is 17.4 Å². The van der Waals surface area contributed by atoms with Gasteiger partial charge in [0.15, 0.2) is 0 Å². The van der Waals surface area contributed by atoms with E-state index in [1.165, 1.54) is 17.0 Å². The molecule has 1 saturated heterocycles. The largest absolute Gasteiger partial charge is 0.332 e. The van der Waals surface area contributed by atoms with E-state index in [1.807, 2.05) is 0 Å². The molecule has 0 spiro atoms. The summed E-state index contributed by atoms with van der Waals surface area (Å²) in [6.07, 6.45) is 0. The highest BCUT2D eigenvalue weighted by atomic mass is 19.1. The van der Waals surface area contributed by atoms with Crippen LogP contribution in [0.5, 0.6) is 0 Å². The number of benzene rings is 1. The minimum absolute atomic E-state index is 0.000912. The van der Waals surface area contributed by atoms with E-state index in [0.717, 1.165) is 6.07 Å². The third-order valence-corrected chi connectivity index (χ3v) is 2.97. The zero-order chi connectivity index (χ0) is 14.5. The number of piperazine rings is 1. The summed E-state index contributed by atoms with van der Waals surface area (Å²) in [7, 11) is 0. The number of anilines is 1. The molecular weight excluding hydrogens is 263 g/mol. The van der Waals surface area contributed by atoms with Crippen LogP contribution in [0.3, 0.4) is 0 Å². The molecule has 0 aromatic heterocycles. The van der Waals surface area contributed by atoms with Gasteiger partial charge in [0.2, 0.25) is 0 Å². The summed E-state index contributed by atoms with van der Waals surface area (Å²) < 4.78 is 13.4. The summed E-state index contributed by atoms with van der Waals surface area (Å²) in [5.74, 6) is -2.28. The summed E-state index contributed by atoms with van der Waals surface area (Å²) >= 11 is 0. The molecule has 2 amide bonds. The van der Waals surface area contributed by atoms with E-state index in [9.17, 15) is 14.0 Å². The molecule has 1 aromatic carbocycles. The van der Waals surface area contributed by atoms with E-state index in [4.69, 9.17) is 5.26 Å². The lowest BCUT2D eigenvalue weighted by Gasteiger charge is -2.26. The van der Waals surface area contributed by atoms with Crippen molar-refractivity contribution >= 4 is 17.5 Å². The maximum Gasteiger partial charge on any atom is 0.313 e. The lowest BCUT2D eigenvalue weighted by atomic mass is 10.2. The molecule has 2 N–H and O–H groups in total. The first-order valence-electron chi connectivity index (χ1n) is 6.13. The van der Waals surface area contributed by atoms with E-state index in [0.29, 0.717) is 26.2 Å². The van der Waals surface area contributed by atoms with Gasteiger partial charge in [0.25, 0.3) is 0 Å². The molecule has 0 saturated carbocycles. The van der Waals surface area contributed by atoms with Crippen LogP contribution in [0.4, 0.5) is 10.1 Å². The van der Waals surface area contributed by atoms with E-state index >= 15 is 0 Å². The number of nitriles is 1. The number of hydrogen-bond donors (Lipinski definition) is 2. The van der Waals surface area contributed by atoms with E-state index in [-0.39, 0.29) is 11.3 Å². The van der Waals surface area contributed by atoms with Crippen LogP contribution >= 0.6 is 0 Å². The Hall–Kier alpha value is -2.46. The highest BCUT2D eigenvalue weighted by molar-refractivity contribution is 6.39. The highest BCUT2D eigenvalue weighted by Crippen LogP contribution is 2.17.